The molecule has 1 aliphatic rings. The fraction of sp³-hybridized carbons (Fsp3) is 0.417. The Bertz CT molecular complexity index is 425. The third kappa shape index (κ3) is 2.72. The van der Waals surface area contributed by atoms with E-state index in [1.807, 2.05) is 12.1 Å². The molecule has 0 bridgehead atoms. The number of benzene rings is 1. The molecular formula is C12H15BrN2O2. The summed E-state index contributed by atoms with van der Waals surface area (Å²) in [5, 5.41) is 8.96. The van der Waals surface area contributed by atoms with Crippen molar-refractivity contribution >= 4 is 27.7 Å². The average Bonchev–Trinajstić information content (AvgIpc) is 2.28. The van der Waals surface area contributed by atoms with Crippen LogP contribution in [0, 0.1) is 0 Å². The van der Waals surface area contributed by atoms with Crippen LogP contribution in [0.2, 0.25) is 0 Å². The minimum absolute atomic E-state index is 0.203. The fourth-order valence-electron chi connectivity index (χ4n) is 2.17. The van der Waals surface area contributed by atoms with Crippen LogP contribution >= 0.6 is 15.9 Å². The first-order chi connectivity index (χ1) is 8.08. The number of hydrogen-bond acceptors (Lipinski definition) is 2. The molecule has 1 amide bonds. The van der Waals surface area contributed by atoms with Crippen LogP contribution in [0.25, 0.3) is 0 Å². The van der Waals surface area contributed by atoms with E-state index in [0.717, 1.165) is 16.7 Å². The highest BCUT2D eigenvalue weighted by molar-refractivity contribution is 9.10. The van der Waals surface area contributed by atoms with E-state index in [9.17, 15) is 4.79 Å². The van der Waals surface area contributed by atoms with Gasteiger partial charge >= 0.3 is 6.09 Å². The van der Waals surface area contributed by atoms with Gasteiger partial charge in [0.2, 0.25) is 0 Å². The van der Waals surface area contributed by atoms with Crippen LogP contribution in [0.3, 0.4) is 0 Å². The Morgan fingerprint density at radius 3 is 2.82 bits per heavy atom. The van der Waals surface area contributed by atoms with E-state index < -0.39 is 6.09 Å². The lowest BCUT2D eigenvalue weighted by Gasteiger charge is -2.40. The Morgan fingerprint density at radius 1 is 1.47 bits per heavy atom. The molecule has 0 aromatic heterocycles. The number of halogens is 1. The van der Waals surface area contributed by atoms with Gasteiger partial charge in [-0.05, 0) is 25.1 Å². The molecular weight excluding hydrogens is 284 g/mol. The maximum absolute atomic E-state index is 10.9. The summed E-state index contributed by atoms with van der Waals surface area (Å²) >= 11 is 3.45. The van der Waals surface area contributed by atoms with Crippen LogP contribution < -0.4 is 4.90 Å². The molecule has 0 spiro atoms. The van der Waals surface area contributed by atoms with Gasteiger partial charge in [-0.3, -0.25) is 0 Å². The fourth-order valence-corrected chi connectivity index (χ4v) is 2.56. The van der Waals surface area contributed by atoms with Crippen molar-refractivity contribution in [2.45, 2.75) is 13.0 Å². The number of carboxylic acid groups (broad SMARTS) is 1. The monoisotopic (exact) mass is 298 g/mol. The Kier molecular flexibility index (Phi) is 3.57. The molecule has 1 fully saturated rings. The molecule has 1 aromatic rings. The SMILES string of the molecule is CC1CN(C(=O)O)CCN1c1cccc(Br)c1. The lowest BCUT2D eigenvalue weighted by molar-refractivity contribution is 0.136. The highest BCUT2D eigenvalue weighted by atomic mass is 79.9. The van der Waals surface area contributed by atoms with E-state index in [1.54, 1.807) is 0 Å². The summed E-state index contributed by atoms with van der Waals surface area (Å²) in [4.78, 5) is 14.6. The summed E-state index contributed by atoms with van der Waals surface area (Å²) in [5.41, 5.74) is 1.14. The number of carbonyl (C=O) groups is 1. The van der Waals surface area contributed by atoms with Crippen molar-refractivity contribution in [3.63, 3.8) is 0 Å². The number of rotatable bonds is 1. The van der Waals surface area contributed by atoms with Crippen LogP contribution in [0.4, 0.5) is 10.5 Å². The van der Waals surface area contributed by atoms with Gasteiger partial charge in [-0.25, -0.2) is 4.79 Å². The molecule has 1 aromatic carbocycles. The van der Waals surface area contributed by atoms with Gasteiger partial charge in [-0.2, -0.15) is 0 Å². The van der Waals surface area contributed by atoms with Crippen LogP contribution in [-0.4, -0.2) is 41.8 Å². The molecule has 0 saturated carbocycles. The van der Waals surface area contributed by atoms with Crippen LogP contribution in [0.5, 0.6) is 0 Å². The van der Waals surface area contributed by atoms with Gasteiger partial charge in [0.1, 0.15) is 0 Å². The molecule has 1 heterocycles. The normalized spacial score (nSPS) is 20.5. The molecule has 1 unspecified atom stereocenters. The molecule has 1 atom stereocenters. The number of hydrogen-bond donors (Lipinski definition) is 1. The molecule has 2 rings (SSSR count). The van der Waals surface area contributed by atoms with Crippen molar-refractivity contribution in [1.82, 2.24) is 4.90 Å². The second-order valence-corrected chi connectivity index (χ2v) is 5.17. The smallest absolute Gasteiger partial charge is 0.407 e. The summed E-state index contributed by atoms with van der Waals surface area (Å²) in [5.74, 6) is 0. The quantitative estimate of drug-likeness (QED) is 0.867. The second kappa shape index (κ2) is 4.96. The van der Waals surface area contributed by atoms with Crippen LogP contribution in [0.15, 0.2) is 28.7 Å². The highest BCUT2D eigenvalue weighted by Crippen LogP contribution is 2.23. The van der Waals surface area contributed by atoms with Crippen molar-refractivity contribution in [2.24, 2.45) is 0 Å². The molecule has 0 radical (unpaired) electrons. The summed E-state index contributed by atoms with van der Waals surface area (Å²) in [6.07, 6.45) is -0.828. The minimum Gasteiger partial charge on any atom is -0.465 e. The Morgan fingerprint density at radius 2 is 2.24 bits per heavy atom. The van der Waals surface area contributed by atoms with E-state index in [0.29, 0.717) is 13.1 Å². The van der Waals surface area contributed by atoms with Crippen molar-refractivity contribution in [2.75, 3.05) is 24.5 Å². The number of piperazine rings is 1. The van der Waals surface area contributed by atoms with Crippen LogP contribution in [0.1, 0.15) is 6.92 Å². The maximum atomic E-state index is 10.9. The average molecular weight is 299 g/mol. The number of anilines is 1. The summed E-state index contributed by atoms with van der Waals surface area (Å²) in [6, 6.07) is 8.30. The molecule has 1 aliphatic heterocycles. The second-order valence-electron chi connectivity index (χ2n) is 4.25. The Balaban J connectivity index is 2.12. The number of amides is 1. The van der Waals surface area contributed by atoms with Crippen molar-refractivity contribution in [1.29, 1.82) is 0 Å². The summed E-state index contributed by atoms with van der Waals surface area (Å²) < 4.78 is 1.04. The van der Waals surface area contributed by atoms with Gasteiger partial charge in [0, 0.05) is 35.8 Å². The molecule has 17 heavy (non-hydrogen) atoms. The van der Waals surface area contributed by atoms with E-state index in [2.05, 4.69) is 39.9 Å². The first-order valence-electron chi connectivity index (χ1n) is 5.58. The molecule has 0 aliphatic carbocycles. The Labute approximate surface area is 109 Å². The van der Waals surface area contributed by atoms with Gasteiger partial charge in [0.15, 0.2) is 0 Å². The molecule has 92 valence electrons. The maximum Gasteiger partial charge on any atom is 0.407 e. The third-order valence-electron chi connectivity index (χ3n) is 3.04. The lowest BCUT2D eigenvalue weighted by Crippen LogP contribution is -2.53. The molecule has 5 heteroatoms. The van der Waals surface area contributed by atoms with E-state index in [-0.39, 0.29) is 6.04 Å². The zero-order chi connectivity index (χ0) is 12.4. The zero-order valence-corrected chi connectivity index (χ0v) is 11.2. The molecule has 4 nitrogen and oxygen atoms in total. The van der Waals surface area contributed by atoms with Gasteiger partial charge < -0.3 is 14.9 Å². The van der Waals surface area contributed by atoms with E-state index in [4.69, 9.17) is 5.11 Å². The first kappa shape index (κ1) is 12.2. The van der Waals surface area contributed by atoms with Crippen molar-refractivity contribution < 1.29 is 9.90 Å². The zero-order valence-electron chi connectivity index (χ0n) is 9.64. The van der Waals surface area contributed by atoms with Gasteiger partial charge in [-0.15, -0.1) is 0 Å². The third-order valence-corrected chi connectivity index (χ3v) is 3.53. The molecule has 1 saturated heterocycles. The Hall–Kier alpha value is -1.23. The minimum atomic E-state index is -0.828. The molecule has 1 N–H and O–H groups in total. The van der Waals surface area contributed by atoms with Gasteiger partial charge in [0.25, 0.3) is 0 Å². The van der Waals surface area contributed by atoms with E-state index in [1.165, 1.54) is 4.90 Å². The predicted molar refractivity (Wildman–Crippen MR) is 70.5 cm³/mol. The highest BCUT2D eigenvalue weighted by Gasteiger charge is 2.26. The number of nitrogens with zero attached hydrogens (tertiary/aromatic N) is 2. The van der Waals surface area contributed by atoms with Crippen molar-refractivity contribution in [3.8, 4) is 0 Å². The summed E-state index contributed by atoms with van der Waals surface area (Å²) in [6.45, 7) is 3.91. The lowest BCUT2D eigenvalue weighted by atomic mass is 10.1. The first-order valence-corrected chi connectivity index (χ1v) is 6.37. The van der Waals surface area contributed by atoms with Crippen LogP contribution in [-0.2, 0) is 0 Å². The van der Waals surface area contributed by atoms with E-state index >= 15 is 0 Å². The van der Waals surface area contributed by atoms with Crippen molar-refractivity contribution in [3.05, 3.63) is 28.7 Å². The van der Waals surface area contributed by atoms with Gasteiger partial charge in [0.05, 0.1) is 0 Å². The largest absolute Gasteiger partial charge is 0.465 e. The summed E-state index contributed by atoms with van der Waals surface area (Å²) in [7, 11) is 0. The standard InChI is InChI=1S/C12H15BrN2O2/c1-9-8-14(12(16)17)5-6-15(9)11-4-2-3-10(13)7-11/h2-4,7,9H,5-6,8H2,1H3,(H,16,17). The van der Waals surface area contributed by atoms with Gasteiger partial charge in [-0.1, -0.05) is 22.0 Å². The topological polar surface area (TPSA) is 43.8 Å². The predicted octanol–water partition coefficient (Wildman–Crippen LogP) is 2.64.